The summed E-state index contributed by atoms with van der Waals surface area (Å²) >= 11 is 6.06. The van der Waals surface area contributed by atoms with Crippen LogP contribution in [0, 0.1) is 11.3 Å². The SMILES string of the molecule is N#Cc1ccc(NC(=O)N[C@H]2CC[C@H](NC(=O)O[C@@H]3CCN(c4cn[nH]c(=O)c4Cl)C3)CC2)cc1. The molecule has 2 aromatic rings. The number of rotatable bonds is 5. The highest BCUT2D eigenvalue weighted by atomic mass is 35.5. The van der Waals surface area contributed by atoms with E-state index in [2.05, 4.69) is 26.1 Å². The fraction of sp³-hybridized carbons (Fsp3) is 0.435. The van der Waals surface area contributed by atoms with Gasteiger partial charge in [-0.05, 0) is 49.9 Å². The minimum absolute atomic E-state index is 0.0122. The zero-order valence-electron chi connectivity index (χ0n) is 18.9. The fourth-order valence-corrected chi connectivity index (χ4v) is 4.56. The van der Waals surface area contributed by atoms with Gasteiger partial charge < -0.3 is 25.6 Å². The third-order valence-corrected chi connectivity index (χ3v) is 6.56. The van der Waals surface area contributed by atoms with Gasteiger partial charge in [0, 0.05) is 30.7 Å². The van der Waals surface area contributed by atoms with Gasteiger partial charge in [-0.3, -0.25) is 4.79 Å². The highest BCUT2D eigenvalue weighted by Crippen LogP contribution is 2.26. The smallest absolute Gasteiger partial charge is 0.407 e. The summed E-state index contributed by atoms with van der Waals surface area (Å²) < 4.78 is 5.57. The molecule has 35 heavy (non-hydrogen) atoms. The molecule has 1 aliphatic carbocycles. The van der Waals surface area contributed by atoms with Crippen LogP contribution in [0.2, 0.25) is 5.02 Å². The monoisotopic (exact) mass is 499 g/mol. The van der Waals surface area contributed by atoms with Crippen LogP contribution < -0.4 is 26.4 Å². The number of urea groups is 1. The number of carbonyl (C=O) groups is 2. The lowest BCUT2D eigenvalue weighted by atomic mass is 9.91. The first kappa shape index (κ1) is 24.3. The van der Waals surface area contributed by atoms with Crippen LogP contribution >= 0.6 is 11.6 Å². The first-order valence-corrected chi connectivity index (χ1v) is 11.8. The summed E-state index contributed by atoms with van der Waals surface area (Å²) in [6, 6.07) is 8.37. The van der Waals surface area contributed by atoms with Gasteiger partial charge in [0.1, 0.15) is 11.1 Å². The molecule has 0 unspecified atom stereocenters. The Morgan fingerprint density at radius 1 is 1.11 bits per heavy atom. The summed E-state index contributed by atoms with van der Waals surface area (Å²) in [7, 11) is 0. The van der Waals surface area contributed by atoms with Gasteiger partial charge in [-0.1, -0.05) is 11.6 Å². The number of alkyl carbamates (subject to hydrolysis) is 1. The Balaban J connectivity index is 1.16. The third kappa shape index (κ3) is 6.42. The largest absolute Gasteiger partial charge is 0.444 e. The van der Waals surface area contributed by atoms with Crippen molar-refractivity contribution in [3.05, 3.63) is 51.4 Å². The lowest BCUT2D eigenvalue weighted by molar-refractivity contribution is 0.102. The van der Waals surface area contributed by atoms with Crippen LogP contribution in [0.5, 0.6) is 0 Å². The third-order valence-electron chi connectivity index (χ3n) is 6.19. The van der Waals surface area contributed by atoms with Crippen molar-refractivity contribution in [3.63, 3.8) is 0 Å². The van der Waals surface area contributed by atoms with Crippen molar-refractivity contribution < 1.29 is 14.3 Å². The molecular weight excluding hydrogens is 474 g/mol. The van der Waals surface area contributed by atoms with Crippen molar-refractivity contribution in [2.45, 2.75) is 50.3 Å². The highest BCUT2D eigenvalue weighted by Gasteiger charge is 2.29. The fourth-order valence-electron chi connectivity index (χ4n) is 4.35. The molecule has 2 fully saturated rings. The molecule has 0 radical (unpaired) electrons. The molecule has 1 aromatic heterocycles. The van der Waals surface area contributed by atoms with Gasteiger partial charge in [0.15, 0.2) is 0 Å². The normalized spacial score (nSPS) is 21.6. The van der Waals surface area contributed by atoms with Gasteiger partial charge in [-0.15, -0.1) is 0 Å². The zero-order valence-corrected chi connectivity index (χ0v) is 19.7. The van der Waals surface area contributed by atoms with Gasteiger partial charge in [0.2, 0.25) is 0 Å². The number of benzene rings is 1. The first-order valence-electron chi connectivity index (χ1n) is 11.4. The second-order valence-electron chi connectivity index (χ2n) is 8.64. The minimum Gasteiger partial charge on any atom is -0.444 e. The molecular formula is C23H26ClN7O4. The zero-order chi connectivity index (χ0) is 24.8. The Hall–Kier alpha value is -3.78. The predicted octanol–water partition coefficient (Wildman–Crippen LogP) is 2.73. The van der Waals surface area contributed by atoms with Crippen LogP contribution in [0.25, 0.3) is 0 Å². The van der Waals surface area contributed by atoms with E-state index in [-0.39, 0.29) is 29.2 Å². The van der Waals surface area contributed by atoms with Crippen LogP contribution in [0.3, 0.4) is 0 Å². The molecule has 0 bridgehead atoms. The number of nitrogens with one attached hydrogen (secondary N) is 4. The van der Waals surface area contributed by atoms with Gasteiger partial charge in [-0.25, -0.2) is 14.7 Å². The number of H-pyrrole nitrogens is 1. The number of halogens is 1. The summed E-state index contributed by atoms with van der Waals surface area (Å²) in [4.78, 5) is 38.2. The number of ether oxygens (including phenoxy) is 1. The number of aromatic amines is 1. The Bertz CT molecular complexity index is 1160. The van der Waals surface area contributed by atoms with E-state index in [9.17, 15) is 14.4 Å². The predicted molar refractivity (Wildman–Crippen MR) is 129 cm³/mol. The quantitative estimate of drug-likeness (QED) is 0.493. The Morgan fingerprint density at radius 3 is 2.49 bits per heavy atom. The number of nitrogens with zero attached hydrogens (tertiary/aromatic N) is 3. The van der Waals surface area contributed by atoms with Gasteiger partial charge >= 0.3 is 12.1 Å². The van der Waals surface area contributed by atoms with Crippen LogP contribution in [0.1, 0.15) is 37.7 Å². The molecule has 1 aliphatic heterocycles. The molecule has 12 heteroatoms. The minimum atomic E-state index is -0.470. The number of aromatic nitrogens is 2. The maximum atomic E-state index is 12.4. The number of hydrogen-bond donors (Lipinski definition) is 4. The summed E-state index contributed by atoms with van der Waals surface area (Å²) in [6.45, 7) is 1.04. The lowest BCUT2D eigenvalue weighted by Gasteiger charge is -2.29. The molecule has 3 amide bonds. The average molecular weight is 500 g/mol. The maximum absolute atomic E-state index is 12.4. The summed E-state index contributed by atoms with van der Waals surface area (Å²) in [6.07, 6.45) is 4.25. The van der Waals surface area contributed by atoms with E-state index in [4.69, 9.17) is 21.6 Å². The standard InChI is InChI=1S/C23H26ClN7O4/c24-20-19(12-26-30-21(20)32)31-10-9-18(13-31)35-23(34)29-17-7-5-16(6-8-17)28-22(33)27-15-3-1-14(11-25)2-4-15/h1-4,12,16-18H,5-10,13H2,(H,29,34)(H,30,32)(H2,27,28,33)/t16-,17-,18-/m1/s1. The Kier molecular flexibility index (Phi) is 7.72. The lowest BCUT2D eigenvalue weighted by Crippen LogP contribution is -2.45. The number of carbonyl (C=O) groups excluding carboxylic acids is 2. The Morgan fingerprint density at radius 2 is 1.80 bits per heavy atom. The molecule has 2 aliphatic rings. The van der Waals surface area contributed by atoms with E-state index in [1.165, 1.54) is 6.20 Å². The van der Waals surface area contributed by atoms with Gasteiger partial charge in [0.25, 0.3) is 5.56 Å². The number of hydrogen-bond acceptors (Lipinski definition) is 7. The van der Waals surface area contributed by atoms with Crippen LogP contribution in [0.4, 0.5) is 21.0 Å². The van der Waals surface area contributed by atoms with E-state index < -0.39 is 11.7 Å². The molecule has 0 spiro atoms. The van der Waals surface area contributed by atoms with E-state index in [0.717, 1.165) is 25.7 Å². The maximum Gasteiger partial charge on any atom is 0.407 e. The number of amides is 3. The van der Waals surface area contributed by atoms with E-state index in [0.29, 0.717) is 36.4 Å². The van der Waals surface area contributed by atoms with Crippen LogP contribution in [-0.4, -0.2) is 53.6 Å². The van der Waals surface area contributed by atoms with Crippen molar-refractivity contribution >= 4 is 35.1 Å². The van der Waals surface area contributed by atoms with Crippen molar-refractivity contribution in [3.8, 4) is 6.07 Å². The highest BCUT2D eigenvalue weighted by molar-refractivity contribution is 6.33. The van der Waals surface area contributed by atoms with Crippen LogP contribution in [0.15, 0.2) is 35.3 Å². The number of anilines is 2. The first-order chi connectivity index (χ1) is 16.9. The summed E-state index contributed by atoms with van der Waals surface area (Å²) in [5, 5.41) is 23.6. The molecule has 184 valence electrons. The average Bonchev–Trinajstić information content (AvgIpc) is 3.30. The molecule has 2 heterocycles. The number of nitriles is 1. The summed E-state index contributed by atoms with van der Waals surface area (Å²) in [5.74, 6) is 0. The van der Waals surface area contributed by atoms with Crippen molar-refractivity contribution in [1.29, 1.82) is 5.26 Å². The van der Waals surface area contributed by atoms with Gasteiger partial charge in [0.05, 0.1) is 30.1 Å². The second kappa shape index (κ2) is 11.1. The topological polar surface area (TPSA) is 152 Å². The van der Waals surface area contributed by atoms with E-state index in [1.807, 2.05) is 11.0 Å². The molecule has 1 aromatic carbocycles. The molecule has 4 N–H and O–H groups in total. The second-order valence-corrected chi connectivity index (χ2v) is 9.02. The molecule has 1 saturated heterocycles. The Labute approximate surface area is 206 Å². The van der Waals surface area contributed by atoms with Crippen molar-refractivity contribution in [2.75, 3.05) is 23.3 Å². The van der Waals surface area contributed by atoms with Crippen molar-refractivity contribution in [1.82, 2.24) is 20.8 Å². The molecule has 1 atom stereocenters. The molecule has 1 saturated carbocycles. The van der Waals surface area contributed by atoms with Crippen molar-refractivity contribution in [2.24, 2.45) is 0 Å². The van der Waals surface area contributed by atoms with Crippen LogP contribution in [-0.2, 0) is 4.74 Å². The molecule has 4 rings (SSSR count). The summed E-state index contributed by atoms with van der Waals surface area (Å²) in [5.41, 5.74) is 1.21. The van der Waals surface area contributed by atoms with E-state index >= 15 is 0 Å². The molecule has 11 nitrogen and oxygen atoms in total. The van der Waals surface area contributed by atoms with Gasteiger partial charge in [-0.2, -0.15) is 10.4 Å². The van der Waals surface area contributed by atoms with E-state index in [1.54, 1.807) is 24.3 Å².